The van der Waals surface area contributed by atoms with E-state index in [9.17, 15) is 24.6 Å². The van der Waals surface area contributed by atoms with E-state index in [1.807, 2.05) is 65.4 Å². The third-order valence-electron chi connectivity index (χ3n) is 11.9. The number of ether oxygens (including phenoxy) is 2. The van der Waals surface area contributed by atoms with Crippen molar-refractivity contribution >= 4 is 53.8 Å². The standard InChI is InChI=1S/C45H58N4O8S2Si/c1-44(2,3)60(5,6)57-37(34-19-21-36(50)42-35(34)20-22-40(51)48-42)28-46-27-30-11-15-32(16-12-30)55-29-41(52)47-23-24-49(4)31-13-17-33(18-14-31)56-45(43(53)54,38-9-7-25-58-38)39-10-8-26-59-39/h7-12,15-16,19-22,25-26,31,33,37,46,50H,13-14,17-18,23-24,27-29H2,1-6H3,(H,47,52)(H,48,51)(H,53,54)/t31?,33?,37-/m0/s1. The van der Waals surface area contributed by atoms with E-state index in [1.165, 1.54) is 28.7 Å². The van der Waals surface area contributed by atoms with Gasteiger partial charge in [0.25, 0.3) is 5.91 Å². The number of carboxylic acids is 1. The lowest BCUT2D eigenvalue weighted by Gasteiger charge is -2.39. The Morgan fingerprint density at radius 2 is 1.62 bits per heavy atom. The van der Waals surface area contributed by atoms with Crippen LogP contribution in [-0.4, -0.2) is 85.7 Å². The number of carboxylic acid groups (broad SMARTS) is 1. The van der Waals surface area contributed by atoms with E-state index in [0.717, 1.165) is 42.2 Å². The maximum Gasteiger partial charge on any atom is 0.347 e. The van der Waals surface area contributed by atoms with E-state index in [1.54, 1.807) is 12.1 Å². The Morgan fingerprint density at radius 1 is 0.950 bits per heavy atom. The number of carbonyl (C=O) groups excluding carboxylic acids is 1. The highest BCUT2D eigenvalue weighted by Crippen LogP contribution is 2.43. The first-order valence-electron chi connectivity index (χ1n) is 20.5. The Kier molecular flexibility index (Phi) is 14.7. The van der Waals surface area contributed by atoms with Gasteiger partial charge < -0.3 is 44.6 Å². The van der Waals surface area contributed by atoms with Gasteiger partial charge in [0.05, 0.1) is 27.5 Å². The number of aromatic amines is 1. The molecule has 1 aliphatic rings. The van der Waals surface area contributed by atoms with Crippen molar-refractivity contribution in [3.05, 3.63) is 115 Å². The number of aromatic nitrogens is 1. The monoisotopic (exact) mass is 874 g/mol. The van der Waals surface area contributed by atoms with E-state index in [2.05, 4.69) is 61.4 Å². The average Bonchev–Trinajstić information content (AvgIpc) is 3.96. The summed E-state index contributed by atoms with van der Waals surface area (Å²) in [4.78, 5) is 43.9. The van der Waals surface area contributed by atoms with Gasteiger partial charge in [0.2, 0.25) is 11.2 Å². The molecule has 1 saturated carbocycles. The number of pyridine rings is 1. The van der Waals surface area contributed by atoms with E-state index >= 15 is 0 Å². The minimum Gasteiger partial charge on any atom is -0.506 e. The number of nitrogens with zero attached hydrogens (tertiary/aromatic N) is 1. The largest absolute Gasteiger partial charge is 0.506 e. The Balaban J connectivity index is 0.936. The second kappa shape index (κ2) is 19.6. The lowest BCUT2D eigenvalue weighted by molar-refractivity contribution is -0.170. The Hall–Kier alpha value is -4.35. The zero-order valence-electron chi connectivity index (χ0n) is 35.3. The number of nitrogens with one attached hydrogen (secondary N) is 3. The molecule has 0 saturated heterocycles. The first-order chi connectivity index (χ1) is 28.6. The van der Waals surface area contributed by atoms with Crippen LogP contribution >= 0.6 is 22.7 Å². The van der Waals surface area contributed by atoms with Gasteiger partial charge in [0.15, 0.2) is 14.9 Å². The number of thiophene rings is 2. The molecule has 5 N–H and O–H groups in total. The molecule has 0 radical (unpaired) electrons. The van der Waals surface area contributed by atoms with Crippen LogP contribution in [-0.2, 0) is 30.9 Å². The minimum absolute atomic E-state index is 0.0162. The van der Waals surface area contributed by atoms with Crippen LogP contribution in [0.3, 0.4) is 0 Å². The average molecular weight is 875 g/mol. The van der Waals surface area contributed by atoms with Gasteiger partial charge in [-0.25, -0.2) is 4.79 Å². The third-order valence-corrected chi connectivity index (χ3v) is 18.3. The van der Waals surface area contributed by atoms with Crippen molar-refractivity contribution in [1.82, 2.24) is 20.5 Å². The summed E-state index contributed by atoms with van der Waals surface area (Å²) in [5.74, 6) is -0.578. The first kappa shape index (κ1) is 45.2. The van der Waals surface area contributed by atoms with Crippen molar-refractivity contribution < 1.29 is 33.7 Å². The zero-order valence-corrected chi connectivity index (χ0v) is 37.9. The number of aromatic hydroxyl groups is 1. The molecule has 1 aliphatic carbocycles. The predicted molar refractivity (Wildman–Crippen MR) is 241 cm³/mol. The molecule has 60 heavy (non-hydrogen) atoms. The molecular formula is C45H58N4O8S2Si. The summed E-state index contributed by atoms with van der Waals surface area (Å²) in [7, 11) is -0.153. The molecule has 0 bridgehead atoms. The Bertz CT molecular complexity index is 2200. The molecule has 0 aliphatic heterocycles. The second-order valence-corrected chi connectivity index (χ2v) is 23.7. The maximum absolute atomic E-state index is 12.8. The Labute approximate surface area is 361 Å². The van der Waals surface area contributed by atoms with Gasteiger partial charge in [-0.05, 0) is 109 Å². The quantitative estimate of drug-likeness (QED) is 0.0515. The topological polar surface area (TPSA) is 162 Å². The lowest BCUT2D eigenvalue weighted by atomic mass is 9.90. The van der Waals surface area contributed by atoms with Crippen molar-refractivity contribution in [2.75, 3.05) is 33.3 Å². The van der Waals surface area contributed by atoms with Gasteiger partial charge in [-0.15, -0.1) is 22.7 Å². The second-order valence-electron chi connectivity index (χ2n) is 17.0. The summed E-state index contributed by atoms with van der Waals surface area (Å²) in [6.45, 7) is 13.2. The summed E-state index contributed by atoms with van der Waals surface area (Å²) >= 11 is 2.80. The number of benzene rings is 2. The van der Waals surface area contributed by atoms with Crippen LogP contribution in [0.1, 0.15) is 73.4 Å². The van der Waals surface area contributed by atoms with Crippen molar-refractivity contribution in [1.29, 1.82) is 0 Å². The SMILES string of the molecule is CN(CCNC(=O)COc1ccc(CNC[C@H](O[Si](C)(C)C(C)(C)C)c2ccc(O)c3[nH]c(=O)ccc23)cc1)C1CCC(OC(C(=O)O)(c2cccs2)c2cccs2)CC1. The fourth-order valence-electron chi connectivity index (χ4n) is 7.40. The van der Waals surface area contributed by atoms with Gasteiger partial charge in [-0.3, -0.25) is 9.59 Å². The molecule has 1 amide bonds. The predicted octanol–water partition coefficient (Wildman–Crippen LogP) is 7.99. The van der Waals surface area contributed by atoms with Crippen LogP contribution in [0.5, 0.6) is 11.5 Å². The minimum atomic E-state index is -2.21. The van der Waals surface area contributed by atoms with Gasteiger partial charge in [-0.2, -0.15) is 0 Å². The van der Waals surface area contributed by atoms with Gasteiger partial charge >= 0.3 is 5.97 Å². The number of phenolic OH excluding ortho intramolecular Hbond substituents is 1. The molecule has 5 aromatic rings. The Morgan fingerprint density at radius 3 is 2.22 bits per heavy atom. The molecule has 0 spiro atoms. The molecule has 6 rings (SSSR count). The highest BCUT2D eigenvalue weighted by atomic mass is 32.1. The number of hydrogen-bond acceptors (Lipinski definition) is 11. The van der Waals surface area contributed by atoms with Crippen molar-refractivity contribution in [3.8, 4) is 11.5 Å². The van der Waals surface area contributed by atoms with Crippen LogP contribution in [0.2, 0.25) is 18.1 Å². The number of hydrogen-bond donors (Lipinski definition) is 5. The molecule has 15 heteroatoms. The summed E-state index contributed by atoms with van der Waals surface area (Å²) < 4.78 is 19.3. The van der Waals surface area contributed by atoms with Crippen molar-refractivity contribution in [2.45, 2.75) is 95.0 Å². The molecule has 1 fully saturated rings. The van der Waals surface area contributed by atoms with Crippen LogP contribution < -0.4 is 20.9 Å². The van der Waals surface area contributed by atoms with E-state index in [4.69, 9.17) is 13.9 Å². The first-order valence-corrected chi connectivity index (χ1v) is 25.2. The summed E-state index contributed by atoms with van der Waals surface area (Å²) in [6.07, 6.45) is 2.75. The highest BCUT2D eigenvalue weighted by molar-refractivity contribution is 7.12. The molecule has 0 unspecified atom stereocenters. The van der Waals surface area contributed by atoms with Gasteiger partial charge in [-0.1, -0.05) is 51.1 Å². The third kappa shape index (κ3) is 10.7. The van der Waals surface area contributed by atoms with Crippen LogP contribution in [0, 0.1) is 0 Å². The number of carbonyl (C=O) groups is 2. The normalized spacial score (nSPS) is 16.9. The molecule has 322 valence electrons. The maximum atomic E-state index is 12.8. The molecule has 3 heterocycles. The van der Waals surface area contributed by atoms with Crippen molar-refractivity contribution in [2.24, 2.45) is 0 Å². The lowest BCUT2D eigenvalue weighted by Crippen LogP contribution is -2.45. The summed E-state index contributed by atoms with van der Waals surface area (Å²) in [5, 5.41) is 32.0. The fourth-order valence-corrected chi connectivity index (χ4v) is 10.5. The van der Waals surface area contributed by atoms with E-state index < -0.39 is 19.9 Å². The van der Waals surface area contributed by atoms with E-state index in [0.29, 0.717) is 53.2 Å². The summed E-state index contributed by atoms with van der Waals surface area (Å²) in [6, 6.07) is 22.0. The molecule has 12 nitrogen and oxygen atoms in total. The molecule has 3 aromatic heterocycles. The molecule has 2 aromatic carbocycles. The zero-order chi connectivity index (χ0) is 43.1. The number of H-pyrrole nitrogens is 1. The van der Waals surface area contributed by atoms with E-state index in [-0.39, 0.29) is 41.1 Å². The number of phenols is 1. The van der Waals surface area contributed by atoms with Gasteiger partial charge in [0.1, 0.15) is 11.5 Å². The molecular weight excluding hydrogens is 817 g/mol. The fraction of sp³-hybridized carbons (Fsp3) is 0.444. The number of rotatable bonds is 19. The number of likely N-dealkylation sites (N-methyl/N-ethyl adjacent to an activating group) is 1. The number of amides is 1. The van der Waals surface area contributed by atoms with Crippen molar-refractivity contribution in [3.63, 3.8) is 0 Å². The smallest absolute Gasteiger partial charge is 0.347 e. The van der Waals surface area contributed by atoms with Crippen LogP contribution in [0.15, 0.2) is 88.4 Å². The number of fused-ring (bicyclic) bond motifs is 1. The van der Waals surface area contributed by atoms with Gasteiger partial charge in [0, 0.05) is 43.7 Å². The van der Waals surface area contributed by atoms with Crippen LogP contribution in [0.25, 0.3) is 10.9 Å². The number of aliphatic carboxylic acids is 1. The molecule has 1 atom stereocenters. The highest BCUT2D eigenvalue weighted by Gasteiger charge is 2.48. The summed E-state index contributed by atoms with van der Waals surface area (Å²) in [5.41, 5.74) is 0.543. The van der Waals surface area contributed by atoms with Crippen LogP contribution in [0.4, 0.5) is 0 Å².